The molecule has 0 radical (unpaired) electrons. The minimum absolute atomic E-state index is 0.0145. The second-order valence-corrected chi connectivity index (χ2v) is 10.7. The van der Waals surface area contributed by atoms with E-state index in [1.54, 1.807) is 36.5 Å². The Balaban J connectivity index is 1.59. The van der Waals surface area contributed by atoms with E-state index in [1.807, 2.05) is 24.3 Å². The summed E-state index contributed by atoms with van der Waals surface area (Å²) in [6.07, 6.45) is 4.47. The maximum Gasteiger partial charge on any atom is 0.326 e. The lowest BCUT2D eigenvalue weighted by atomic mass is 10.0. The molecule has 2 heterocycles. The molecule has 0 fully saturated rings. The van der Waals surface area contributed by atoms with Gasteiger partial charge in [0, 0.05) is 54.7 Å². The molecule has 4 amide bonds. The number of fused-ring (bicyclic) bond motifs is 1. The molecule has 4 rings (SSSR count). The lowest BCUT2D eigenvalue weighted by Gasteiger charge is -2.25. The van der Waals surface area contributed by atoms with Gasteiger partial charge in [0.1, 0.15) is 18.1 Å². The zero-order chi connectivity index (χ0) is 32.3. The van der Waals surface area contributed by atoms with Crippen LogP contribution in [0.1, 0.15) is 29.7 Å². The number of carbonyl (C=O) groups excluding carboxylic acids is 4. The molecular weight excluding hydrogens is 580 g/mol. The van der Waals surface area contributed by atoms with E-state index in [4.69, 9.17) is 11.5 Å². The highest BCUT2D eigenvalue weighted by Crippen LogP contribution is 2.19. The number of imidazole rings is 1. The van der Waals surface area contributed by atoms with Crippen molar-refractivity contribution in [3.05, 3.63) is 90.1 Å². The monoisotopic (exact) mass is 616 g/mol. The fourth-order valence-corrected chi connectivity index (χ4v) is 4.86. The minimum atomic E-state index is -1.32. The average molecular weight is 617 g/mol. The van der Waals surface area contributed by atoms with Crippen LogP contribution in [-0.2, 0) is 43.2 Å². The Labute approximate surface area is 258 Å². The number of carbonyl (C=O) groups is 5. The van der Waals surface area contributed by atoms with E-state index in [2.05, 4.69) is 30.9 Å². The molecule has 4 atom stereocenters. The Morgan fingerprint density at radius 2 is 1.44 bits per heavy atom. The van der Waals surface area contributed by atoms with Gasteiger partial charge in [0.05, 0.1) is 12.4 Å². The van der Waals surface area contributed by atoms with Crippen LogP contribution in [0.15, 0.2) is 73.3 Å². The van der Waals surface area contributed by atoms with Gasteiger partial charge in [-0.25, -0.2) is 9.78 Å². The molecule has 4 unspecified atom stereocenters. The van der Waals surface area contributed by atoms with Crippen LogP contribution in [0.4, 0.5) is 0 Å². The Morgan fingerprint density at radius 3 is 2.11 bits per heavy atom. The smallest absolute Gasteiger partial charge is 0.326 e. The summed E-state index contributed by atoms with van der Waals surface area (Å²) in [6, 6.07) is 11.6. The number of aliphatic carboxylic acids is 1. The summed E-state index contributed by atoms with van der Waals surface area (Å²) >= 11 is 0. The normalized spacial score (nSPS) is 13.7. The number of aromatic amines is 2. The highest BCUT2D eigenvalue weighted by atomic mass is 16.4. The molecule has 10 N–H and O–H groups in total. The number of rotatable bonds is 16. The van der Waals surface area contributed by atoms with E-state index in [0.29, 0.717) is 11.3 Å². The van der Waals surface area contributed by atoms with Crippen molar-refractivity contribution in [3.8, 4) is 0 Å². The number of carboxylic acids is 1. The molecule has 0 aliphatic rings. The van der Waals surface area contributed by atoms with Crippen molar-refractivity contribution in [2.24, 2.45) is 11.5 Å². The number of primary amides is 1. The van der Waals surface area contributed by atoms with Crippen LogP contribution in [0.2, 0.25) is 0 Å². The van der Waals surface area contributed by atoms with Crippen molar-refractivity contribution < 1.29 is 29.1 Å². The molecular formula is C31H36N8O6. The van der Waals surface area contributed by atoms with E-state index in [-0.39, 0.29) is 32.1 Å². The Hall–Kier alpha value is -5.50. The fourth-order valence-electron chi connectivity index (χ4n) is 4.86. The summed E-state index contributed by atoms with van der Waals surface area (Å²) in [5.74, 6) is -3.97. The average Bonchev–Trinajstić information content (AvgIpc) is 3.69. The Bertz CT molecular complexity index is 1620. The zero-order valence-electron chi connectivity index (χ0n) is 24.4. The summed E-state index contributed by atoms with van der Waals surface area (Å²) < 4.78 is 0. The highest BCUT2D eigenvalue weighted by Gasteiger charge is 2.31. The summed E-state index contributed by atoms with van der Waals surface area (Å²) in [5, 5.41) is 18.6. The van der Waals surface area contributed by atoms with Crippen molar-refractivity contribution in [3.63, 3.8) is 0 Å². The van der Waals surface area contributed by atoms with Crippen LogP contribution in [0.25, 0.3) is 10.9 Å². The van der Waals surface area contributed by atoms with Gasteiger partial charge >= 0.3 is 5.97 Å². The van der Waals surface area contributed by atoms with Crippen LogP contribution < -0.4 is 27.4 Å². The van der Waals surface area contributed by atoms with Gasteiger partial charge in [-0.3, -0.25) is 19.2 Å². The van der Waals surface area contributed by atoms with Gasteiger partial charge in [0.2, 0.25) is 23.6 Å². The third kappa shape index (κ3) is 9.24. The Kier molecular flexibility index (Phi) is 11.0. The summed E-state index contributed by atoms with van der Waals surface area (Å²) in [7, 11) is 0. The summed E-state index contributed by atoms with van der Waals surface area (Å²) in [6.45, 7) is 0. The van der Waals surface area contributed by atoms with Gasteiger partial charge < -0.3 is 42.5 Å². The van der Waals surface area contributed by atoms with Crippen LogP contribution in [0.3, 0.4) is 0 Å². The van der Waals surface area contributed by atoms with Gasteiger partial charge in [0.15, 0.2) is 0 Å². The van der Waals surface area contributed by atoms with E-state index in [9.17, 15) is 29.1 Å². The number of H-pyrrole nitrogens is 2. The molecule has 14 heteroatoms. The molecule has 2 aromatic heterocycles. The SMILES string of the molecule is NC(=O)CCC(N)C(=O)NC(Cc1ccccc1)C(=O)NC(Cc1c[nH]c2ccccc12)C(=O)NC(Cc1cnc[nH]1)C(=O)O. The Morgan fingerprint density at radius 1 is 0.800 bits per heavy atom. The quantitative estimate of drug-likeness (QED) is 0.0854. The number of nitrogens with two attached hydrogens (primary N) is 2. The van der Waals surface area contributed by atoms with Crippen molar-refractivity contribution >= 4 is 40.5 Å². The number of amides is 4. The first-order valence-electron chi connectivity index (χ1n) is 14.3. The van der Waals surface area contributed by atoms with Gasteiger partial charge in [0.25, 0.3) is 0 Å². The van der Waals surface area contributed by atoms with Gasteiger partial charge in [-0.1, -0.05) is 48.5 Å². The standard InChI is InChI=1S/C31H36N8O6/c32-22(10-11-27(33)40)28(41)37-24(12-18-6-2-1-3-7-18)29(42)38-25(13-19-15-35-23-9-5-4-8-21(19)23)30(43)39-26(31(44)45)14-20-16-34-17-36-20/h1-9,15-17,22,24-26,35H,10-14,32H2,(H2,33,40)(H,34,36)(H,37,41)(H,38,42)(H,39,43)(H,44,45). The number of aromatic nitrogens is 3. The largest absolute Gasteiger partial charge is 0.480 e. The second-order valence-electron chi connectivity index (χ2n) is 10.7. The number of benzene rings is 2. The van der Waals surface area contributed by atoms with Crippen LogP contribution in [-0.4, -0.2) is 73.8 Å². The highest BCUT2D eigenvalue weighted by molar-refractivity contribution is 5.95. The van der Waals surface area contributed by atoms with E-state index < -0.39 is 53.8 Å². The van der Waals surface area contributed by atoms with Crippen molar-refractivity contribution in [2.75, 3.05) is 0 Å². The molecule has 0 saturated carbocycles. The predicted octanol–water partition coefficient (Wildman–Crippen LogP) is 0.0507. The maximum absolute atomic E-state index is 13.8. The zero-order valence-corrected chi connectivity index (χ0v) is 24.4. The predicted molar refractivity (Wildman–Crippen MR) is 164 cm³/mol. The van der Waals surface area contributed by atoms with Crippen molar-refractivity contribution in [2.45, 2.75) is 56.3 Å². The first-order valence-corrected chi connectivity index (χ1v) is 14.3. The lowest BCUT2D eigenvalue weighted by molar-refractivity contribution is -0.142. The van der Waals surface area contributed by atoms with E-state index in [1.165, 1.54) is 12.5 Å². The number of hydrogen-bond donors (Lipinski definition) is 8. The topological polar surface area (TPSA) is 238 Å². The first kappa shape index (κ1) is 32.4. The van der Waals surface area contributed by atoms with Crippen molar-refractivity contribution in [1.29, 1.82) is 0 Å². The molecule has 0 bridgehead atoms. The molecule has 4 aromatic rings. The van der Waals surface area contributed by atoms with Crippen LogP contribution in [0, 0.1) is 0 Å². The summed E-state index contributed by atoms with van der Waals surface area (Å²) in [5.41, 5.74) is 13.9. The first-order chi connectivity index (χ1) is 21.6. The van der Waals surface area contributed by atoms with E-state index >= 15 is 0 Å². The van der Waals surface area contributed by atoms with Crippen LogP contribution >= 0.6 is 0 Å². The molecule has 0 aliphatic carbocycles. The lowest BCUT2D eigenvalue weighted by Crippen LogP contribution is -2.58. The minimum Gasteiger partial charge on any atom is -0.480 e. The number of nitrogens with zero attached hydrogens (tertiary/aromatic N) is 1. The van der Waals surface area contributed by atoms with Gasteiger partial charge in [-0.15, -0.1) is 0 Å². The molecule has 14 nitrogen and oxygen atoms in total. The molecule has 45 heavy (non-hydrogen) atoms. The molecule has 2 aromatic carbocycles. The maximum atomic E-state index is 13.8. The summed E-state index contributed by atoms with van der Waals surface area (Å²) in [4.78, 5) is 73.5. The van der Waals surface area contributed by atoms with Crippen LogP contribution in [0.5, 0.6) is 0 Å². The molecule has 0 spiro atoms. The van der Waals surface area contributed by atoms with E-state index in [0.717, 1.165) is 16.5 Å². The fraction of sp³-hybridized carbons (Fsp3) is 0.290. The number of carboxylic acid groups (broad SMARTS) is 1. The number of para-hydroxylation sites is 1. The molecule has 0 aliphatic heterocycles. The third-order valence-electron chi connectivity index (χ3n) is 7.28. The molecule has 236 valence electrons. The third-order valence-corrected chi connectivity index (χ3v) is 7.28. The van der Waals surface area contributed by atoms with Gasteiger partial charge in [-0.2, -0.15) is 0 Å². The van der Waals surface area contributed by atoms with Crippen molar-refractivity contribution in [1.82, 2.24) is 30.9 Å². The number of hydrogen-bond acceptors (Lipinski definition) is 7. The second kappa shape index (κ2) is 15.3. The van der Waals surface area contributed by atoms with Gasteiger partial charge in [-0.05, 0) is 23.6 Å². The molecule has 0 saturated heterocycles. The number of nitrogens with one attached hydrogen (secondary N) is 5.